The summed E-state index contributed by atoms with van der Waals surface area (Å²) in [6, 6.07) is 8.91. The Morgan fingerprint density at radius 2 is 1.84 bits per heavy atom. The fourth-order valence-electron chi connectivity index (χ4n) is 1.75. The number of hydrogen-bond acceptors (Lipinski definition) is 5. The van der Waals surface area contributed by atoms with Crippen molar-refractivity contribution in [3.05, 3.63) is 47.3 Å². The van der Waals surface area contributed by atoms with E-state index in [1.807, 2.05) is 26.0 Å². The van der Waals surface area contributed by atoms with Crippen LogP contribution >= 0.6 is 0 Å². The molecule has 1 aromatic heterocycles. The van der Waals surface area contributed by atoms with Crippen LogP contribution in [0.4, 0.5) is 11.6 Å². The number of nitrogens with one attached hydrogen (secondary N) is 1. The molecule has 1 heterocycles. The maximum atomic E-state index is 11.4. The predicted molar refractivity (Wildman–Crippen MR) is 72.6 cm³/mol. The van der Waals surface area contributed by atoms with Gasteiger partial charge in [-0.15, -0.1) is 0 Å². The lowest BCUT2D eigenvalue weighted by atomic mass is 10.2. The molecule has 0 aliphatic heterocycles. The Labute approximate surface area is 111 Å². The number of methoxy groups -OCH3 is 1. The van der Waals surface area contributed by atoms with Crippen molar-refractivity contribution in [2.45, 2.75) is 13.8 Å². The summed E-state index contributed by atoms with van der Waals surface area (Å²) in [5.41, 5.74) is 3.00. The van der Waals surface area contributed by atoms with E-state index in [0.717, 1.165) is 17.1 Å². The number of nitrogens with zero attached hydrogens (tertiary/aromatic N) is 2. The smallest absolute Gasteiger partial charge is 0.337 e. The molecule has 0 spiro atoms. The molecule has 0 aliphatic rings. The first-order chi connectivity index (χ1) is 9.08. The van der Waals surface area contributed by atoms with Crippen molar-refractivity contribution in [2.75, 3.05) is 12.4 Å². The molecule has 0 unspecified atom stereocenters. The highest BCUT2D eigenvalue weighted by molar-refractivity contribution is 5.90. The Hall–Kier alpha value is -2.43. The van der Waals surface area contributed by atoms with Gasteiger partial charge in [0.2, 0.25) is 5.95 Å². The number of benzene rings is 1. The van der Waals surface area contributed by atoms with Crippen LogP contribution in [0, 0.1) is 13.8 Å². The minimum Gasteiger partial charge on any atom is -0.465 e. The van der Waals surface area contributed by atoms with E-state index in [-0.39, 0.29) is 5.97 Å². The molecule has 2 rings (SSSR count). The normalized spacial score (nSPS) is 10.1. The molecule has 0 saturated carbocycles. The number of ether oxygens (including phenoxy) is 1. The van der Waals surface area contributed by atoms with Crippen LogP contribution < -0.4 is 5.32 Å². The first kappa shape index (κ1) is 13.0. The van der Waals surface area contributed by atoms with Gasteiger partial charge in [-0.05, 0) is 38.1 Å². The minimum atomic E-state index is -0.370. The van der Waals surface area contributed by atoms with Gasteiger partial charge < -0.3 is 10.1 Å². The average molecular weight is 257 g/mol. The SMILES string of the molecule is COC(=O)c1cccc(Nc2nc(C)cc(C)n2)c1. The lowest BCUT2D eigenvalue weighted by molar-refractivity contribution is 0.0601. The molecule has 0 radical (unpaired) electrons. The van der Waals surface area contributed by atoms with Crippen molar-refractivity contribution in [3.8, 4) is 0 Å². The van der Waals surface area contributed by atoms with Gasteiger partial charge >= 0.3 is 5.97 Å². The number of esters is 1. The summed E-state index contributed by atoms with van der Waals surface area (Å²) in [6.07, 6.45) is 0. The third-order valence-electron chi connectivity index (χ3n) is 2.52. The van der Waals surface area contributed by atoms with E-state index in [2.05, 4.69) is 20.0 Å². The van der Waals surface area contributed by atoms with E-state index in [0.29, 0.717) is 11.5 Å². The van der Waals surface area contributed by atoms with Gasteiger partial charge in [-0.25, -0.2) is 14.8 Å². The van der Waals surface area contributed by atoms with E-state index in [9.17, 15) is 4.79 Å². The summed E-state index contributed by atoms with van der Waals surface area (Å²) in [6.45, 7) is 3.81. The number of aromatic nitrogens is 2. The van der Waals surface area contributed by atoms with Crippen molar-refractivity contribution >= 4 is 17.6 Å². The van der Waals surface area contributed by atoms with Crippen molar-refractivity contribution in [1.29, 1.82) is 0 Å². The summed E-state index contributed by atoms with van der Waals surface area (Å²) in [4.78, 5) is 20.0. The number of anilines is 2. The van der Waals surface area contributed by atoms with Crippen LogP contribution in [0.5, 0.6) is 0 Å². The van der Waals surface area contributed by atoms with E-state index in [1.54, 1.807) is 18.2 Å². The molecular formula is C14H15N3O2. The van der Waals surface area contributed by atoms with Gasteiger partial charge in [-0.1, -0.05) is 6.07 Å². The molecule has 0 aliphatic carbocycles. The maximum Gasteiger partial charge on any atom is 0.337 e. The number of hydrogen-bond donors (Lipinski definition) is 1. The molecule has 5 nitrogen and oxygen atoms in total. The Kier molecular flexibility index (Phi) is 3.75. The minimum absolute atomic E-state index is 0.370. The molecule has 0 fully saturated rings. The van der Waals surface area contributed by atoms with Crippen LogP contribution in [0.1, 0.15) is 21.7 Å². The molecule has 0 amide bonds. The summed E-state index contributed by atoms with van der Waals surface area (Å²) in [7, 11) is 1.36. The summed E-state index contributed by atoms with van der Waals surface area (Å²) >= 11 is 0. The first-order valence-corrected chi connectivity index (χ1v) is 5.86. The fraction of sp³-hybridized carbons (Fsp3) is 0.214. The second-order valence-corrected chi connectivity index (χ2v) is 4.17. The largest absolute Gasteiger partial charge is 0.465 e. The van der Waals surface area contributed by atoms with Gasteiger partial charge in [0.15, 0.2) is 0 Å². The van der Waals surface area contributed by atoms with Crippen molar-refractivity contribution < 1.29 is 9.53 Å². The van der Waals surface area contributed by atoms with E-state index >= 15 is 0 Å². The molecule has 0 atom stereocenters. The average Bonchev–Trinajstić information content (AvgIpc) is 2.37. The highest BCUT2D eigenvalue weighted by atomic mass is 16.5. The standard InChI is InChI=1S/C14H15N3O2/c1-9-7-10(2)16-14(15-9)17-12-6-4-5-11(8-12)13(18)19-3/h4-8H,1-3H3,(H,15,16,17). The zero-order valence-electron chi connectivity index (χ0n) is 11.1. The fourth-order valence-corrected chi connectivity index (χ4v) is 1.75. The molecule has 5 heteroatoms. The van der Waals surface area contributed by atoms with E-state index in [4.69, 9.17) is 0 Å². The van der Waals surface area contributed by atoms with Crippen LogP contribution in [0.2, 0.25) is 0 Å². The quantitative estimate of drug-likeness (QED) is 0.856. The van der Waals surface area contributed by atoms with Crippen LogP contribution in [0.3, 0.4) is 0 Å². The molecule has 2 aromatic rings. The van der Waals surface area contributed by atoms with Gasteiger partial charge in [-0.2, -0.15) is 0 Å². The summed E-state index contributed by atoms with van der Waals surface area (Å²) in [5.74, 6) is 0.143. The highest BCUT2D eigenvalue weighted by Gasteiger charge is 2.06. The second kappa shape index (κ2) is 5.48. The Morgan fingerprint density at radius 3 is 2.47 bits per heavy atom. The van der Waals surface area contributed by atoms with Gasteiger partial charge in [0.1, 0.15) is 0 Å². The van der Waals surface area contributed by atoms with Crippen molar-refractivity contribution in [2.24, 2.45) is 0 Å². The van der Waals surface area contributed by atoms with Crippen LogP contribution in [0.25, 0.3) is 0 Å². The van der Waals surface area contributed by atoms with Crippen molar-refractivity contribution in [3.63, 3.8) is 0 Å². The van der Waals surface area contributed by atoms with Crippen molar-refractivity contribution in [1.82, 2.24) is 9.97 Å². The molecule has 0 bridgehead atoms. The molecule has 0 saturated heterocycles. The maximum absolute atomic E-state index is 11.4. The van der Waals surface area contributed by atoms with Gasteiger partial charge in [0.25, 0.3) is 0 Å². The molecule has 19 heavy (non-hydrogen) atoms. The lowest BCUT2D eigenvalue weighted by Crippen LogP contribution is -2.03. The number of carbonyl (C=O) groups is 1. The van der Waals surface area contributed by atoms with Gasteiger partial charge in [0.05, 0.1) is 12.7 Å². The second-order valence-electron chi connectivity index (χ2n) is 4.17. The number of carbonyl (C=O) groups excluding carboxylic acids is 1. The number of rotatable bonds is 3. The summed E-state index contributed by atoms with van der Waals surface area (Å²) in [5, 5.41) is 3.07. The van der Waals surface area contributed by atoms with Crippen LogP contribution in [-0.2, 0) is 4.74 Å². The molecule has 1 aromatic carbocycles. The Bertz CT molecular complexity index is 591. The first-order valence-electron chi connectivity index (χ1n) is 5.86. The zero-order valence-corrected chi connectivity index (χ0v) is 11.1. The van der Waals surface area contributed by atoms with Crippen LogP contribution in [0.15, 0.2) is 30.3 Å². The van der Waals surface area contributed by atoms with E-state index < -0.39 is 0 Å². The van der Waals surface area contributed by atoms with Gasteiger partial charge in [-0.3, -0.25) is 0 Å². The highest BCUT2D eigenvalue weighted by Crippen LogP contribution is 2.16. The Balaban J connectivity index is 2.25. The molecule has 1 N–H and O–H groups in total. The topological polar surface area (TPSA) is 64.1 Å². The third-order valence-corrected chi connectivity index (χ3v) is 2.52. The predicted octanol–water partition coefficient (Wildman–Crippen LogP) is 2.62. The van der Waals surface area contributed by atoms with E-state index in [1.165, 1.54) is 7.11 Å². The number of aryl methyl sites for hydroxylation is 2. The monoisotopic (exact) mass is 257 g/mol. The zero-order chi connectivity index (χ0) is 13.8. The Morgan fingerprint density at radius 1 is 1.16 bits per heavy atom. The lowest BCUT2D eigenvalue weighted by Gasteiger charge is -2.07. The molecular weight excluding hydrogens is 242 g/mol. The van der Waals surface area contributed by atoms with Crippen LogP contribution in [-0.4, -0.2) is 23.0 Å². The third kappa shape index (κ3) is 3.28. The van der Waals surface area contributed by atoms with Gasteiger partial charge in [0, 0.05) is 17.1 Å². The molecule has 98 valence electrons. The summed E-state index contributed by atoms with van der Waals surface area (Å²) < 4.78 is 4.68.